The van der Waals surface area contributed by atoms with Crippen molar-refractivity contribution in [3.63, 3.8) is 0 Å². The van der Waals surface area contributed by atoms with E-state index in [1.807, 2.05) is 0 Å². The summed E-state index contributed by atoms with van der Waals surface area (Å²) in [5.41, 5.74) is 22.6. The SMILES string of the molecule is Cc1cc(C)c(-c2ccc(-c3c(C)cc(C)c(-c4nc5ccc(-c6ccc7c(c6)n(C)c(C)[n+]7C)cc5n4C)c3C)cc2)c(C)c1C. The molecule has 0 saturated carbocycles. The van der Waals surface area contributed by atoms with Gasteiger partial charge in [-0.15, -0.1) is 0 Å². The van der Waals surface area contributed by atoms with Gasteiger partial charge < -0.3 is 4.57 Å². The molecule has 5 aromatic carbocycles. The molecule has 47 heavy (non-hydrogen) atoms. The third-order valence-electron chi connectivity index (χ3n) is 10.9. The largest absolute Gasteiger partial charge is 0.327 e. The second kappa shape index (κ2) is 11.1. The van der Waals surface area contributed by atoms with Crippen LogP contribution in [0.4, 0.5) is 0 Å². The minimum atomic E-state index is 1.01. The topological polar surface area (TPSA) is 26.6 Å². The van der Waals surface area contributed by atoms with Crippen LogP contribution in [0.2, 0.25) is 0 Å². The van der Waals surface area contributed by atoms with Gasteiger partial charge in [-0.1, -0.05) is 42.5 Å². The van der Waals surface area contributed by atoms with Crippen molar-refractivity contribution >= 4 is 22.1 Å². The number of imidazole rings is 2. The Morgan fingerprint density at radius 3 is 1.64 bits per heavy atom. The van der Waals surface area contributed by atoms with Crippen molar-refractivity contribution in [2.24, 2.45) is 21.1 Å². The van der Waals surface area contributed by atoms with E-state index in [0.717, 1.165) is 16.9 Å². The van der Waals surface area contributed by atoms with Gasteiger partial charge in [0.05, 0.1) is 25.1 Å². The molecule has 2 heterocycles. The minimum Gasteiger partial charge on any atom is -0.327 e. The van der Waals surface area contributed by atoms with Gasteiger partial charge in [0, 0.05) is 19.5 Å². The molecule has 0 aliphatic carbocycles. The Kier molecular flexibility index (Phi) is 7.24. The lowest BCUT2D eigenvalue weighted by atomic mass is 9.87. The standard InChI is InChI=1S/C43H45N4/c1-24-20-25(2)40(29(6)28(24)5)32-12-14-33(15-13-32)41-26(3)21-27(4)42(30(41)7)43-44-36-18-16-34(22-38(36)47(43)11)35-17-19-37-39(23-35)46(10)31(8)45(37)9/h12-23H,1-11H3/q+1. The molecule has 7 aromatic rings. The van der Waals surface area contributed by atoms with Gasteiger partial charge in [-0.3, -0.25) is 0 Å². The summed E-state index contributed by atoms with van der Waals surface area (Å²) in [5.74, 6) is 2.24. The first-order valence-corrected chi connectivity index (χ1v) is 16.6. The number of hydrogen-bond donors (Lipinski definition) is 0. The molecular weight excluding hydrogens is 573 g/mol. The molecule has 236 valence electrons. The van der Waals surface area contributed by atoms with E-state index < -0.39 is 0 Å². The van der Waals surface area contributed by atoms with E-state index in [1.165, 1.54) is 94.7 Å². The number of fused-ring (bicyclic) bond motifs is 2. The Bertz CT molecular complexity index is 2400. The molecule has 0 amide bonds. The van der Waals surface area contributed by atoms with Gasteiger partial charge in [-0.25, -0.2) is 14.1 Å². The van der Waals surface area contributed by atoms with Crippen molar-refractivity contribution < 1.29 is 4.57 Å². The third kappa shape index (κ3) is 4.73. The average molecular weight is 618 g/mol. The lowest BCUT2D eigenvalue weighted by Gasteiger charge is -2.19. The van der Waals surface area contributed by atoms with Crippen molar-refractivity contribution in [3.05, 3.63) is 118 Å². The maximum Gasteiger partial charge on any atom is 0.253 e. The first-order valence-electron chi connectivity index (χ1n) is 16.6. The zero-order chi connectivity index (χ0) is 33.5. The Balaban J connectivity index is 1.31. The minimum absolute atomic E-state index is 1.01. The van der Waals surface area contributed by atoms with E-state index in [9.17, 15) is 0 Å². The van der Waals surface area contributed by atoms with Crippen molar-refractivity contribution in [1.29, 1.82) is 0 Å². The quantitative estimate of drug-likeness (QED) is 0.181. The second-order valence-electron chi connectivity index (χ2n) is 13.7. The molecule has 7 rings (SSSR count). The predicted octanol–water partition coefficient (Wildman–Crippen LogP) is 10.0. The van der Waals surface area contributed by atoms with Crippen LogP contribution >= 0.6 is 0 Å². The maximum absolute atomic E-state index is 5.23. The normalized spacial score (nSPS) is 11.7. The smallest absolute Gasteiger partial charge is 0.253 e. The molecule has 0 unspecified atom stereocenters. The first-order chi connectivity index (χ1) is 22.4. The summed E-state index contributed by atoms with van der Waals surface area (Å²) in [6, 6.07) is 27.2. The summed E-state index contributed by atoms with van der Waals surface area (Å²) in [5, 5.41) is 0. The van der Waals surface area contributed by atoms with Crippen LogP contribution in [0.25, 0.3) is 66.8 Å². The molecule has 0 saturated heterocycles. The first kappa shape index (κ1) is 30.7. The number of hydrogen-bond acceptors (Lipinski definition) is 1. The molecule has 0 radical (unpaired) electrons. The maximum atomic E-state index is 5.23. The molecule has 0 aliphatic rings. The molecule has 0 fully saturated rings. The van der Waals surface area contributed by atoms with Crippen LogP contribution in [0.5, 0.6) is 0 Å². The highest BCUT2D eigenvalue weighted by Gasteiger charge is 2.21. The lowest BCUT2D eigenvalue weighted by molar-refractivity contribution is -0.652. The van der Waals surface area contributed by atoms with E-state index in [1.54, 1.807) is 0 Å². The van der Waals surface area contributed by atoms with Gasteiger partial charge in [0.2, 0.25) is 0 Å². The number of nitrogens with zero attached hydrogens (tertiary/aromatic N) is 4. The molecule has 2 aromatic heterocycles. The third-order valence-corrected chi connectivity index (χ3v) is 10.9. The summed E-state index contributed by atoms with van der Waals surface area (Å²) in [4.78, 5) is 5.23. The van der Waals surface area contributed by atoms with Crippen molar-refractivity contribution in [1.82, 2.24) is 14.1 Å². The summed E-state index contributed by atoms with van der Waals surface area (Å²) >= 11 is 0. The van der Waals surface area contributed by atoms with Gasteiger partial charge >= 0.3 is 0 Å². The fourth-order valence-corrected chi connectivity index (χ4v) is 7.93. The zero-order valence-electron chi connectivity index (χ0n) is 29.7. The monoisotopic (exact) mass is 617 g/mol. The Labute approximate surface area is 279 Å². The van der Waals surface area contributed by atoms with Crippen molar-refractivity contribution in [2.45, 2.75) is 55.4 Å². The fraction of sp³-hybridized carbons (Fsp3) is 0.256. The molecular formula is C43H45N4+. The van der Waals surface area contributed by atoms with E-state index in [0.29, 0.717) is 0 Å². The summed E-state index contributed by atoms with van der Waals surface area (Å²) in [7, 11) is 6.42. The molecule has 0 aliphatic heterocycles. The van der Waals surface area contributed by atoms with E-state index in [-0.39, 0.29) is 0 Å². The molecule has 4 heteroatoms. The van der Waals surface area contributed by atoms with Crippen molar-refractivity contribution in [2.75, 3.05) is 0 Å². The number of aromatic nitrogens is 4. The number of rotatable bonds is 4. The second-order valence-corrected chi connectivity index (χ2v) is 13.7. The lowest BCUT2D eigenvalue weighted by Crippen LogP contribution is -2.30. The highest BCUT2D eigenvalue weighted by atomic mass is 15.1. The van der Waals surface area contributed by atoms with Crippen LogP contribution in [0.1, 0.15) is 44.8 Å². The van der Waals surface area contributed by atoms with E-state index >= 15 is 0 Å². The summed E-state index contributed by atoms with van der Waals surface area (Å²) < 4.78 is 6.78. The average Bonchev–Trinajstić information content (AvgIpc) is 3.48. The highest BCUT2D eigenvalue weighted by Crippen LogP contribution is 2.39. The summed E-state index contributed by atoms with van der Waals surface area (Å²) in [6.45, 7) is 17.8. The van der Waals surface area contributed by atoms with Crippen LogP contribution in [-0.2, 0) is 21.1 Å². The van der Waals surface area contributed by atoms with E-state index in [2.05, 4.69) is 163 Å². The number of aryl methyl sites for hydroxylation is 7. The van der Waals surface area contributed by atoms with Gasteiger partial charge in [0.25, 0.3) is 5.82 Å². The summed E-state index contributed by atoms with van der Waals surface area (Å²) in [6.07, 6.45) is 0. The van der Waals surface area contributed by atoms with Gasteiger partial charge in [0.1, 0.15) is 5.82 Å². The van der Waals surface area contributed by atoms with E-state index in [4.69, 9.17) is 4.98 Å². The Morgan fingerprint density at radius 1 is 0.489 bits per heavy atom. The van der Waals surface area contributed by atoms with Crippen LogP contribution in [-0.4, -0.2) is 14.1 Å². The Hall–Kier alpha value is -4.96. The van der Waals surface area contributed by atoms with Gasteiger partial charge in [-0.05, 0) is 151 Å². The van der Waals surface area contributed by atoms with Crippen LogP contribution in [0.3, 0.4) is 0 Å². The van der Waals surface area contributed by atoms with Gasteiger partial charge in [0.15, 0.2) is 11.0 Å². The molecule has 0 N–H and O–H groups in total. The van der Waals surface area contributed by atoms with Crippen LogP contribution < -0.4 is 4.57 Å². The van der Waals surface area contributed by atoms with Crippen LogP contribution in [0.15, 0.2) is 72.8 Å². The molecule has 0 spiro atoms. The van der Waals surface area contributed by atoms with Crippen LogP contribution in [0, 0.1) is 55.4 Å². The molecule has 0 bridgehead atoms. The zero-order valence-corrected chi connectivity index (χ0v) is 29.7. The van der Waals surface area contributed by atoms with Gasteiger partial charge in [-0.2, -0.15) is 0 Å². The Morgan fingerprint density at radius 2 is 1.00 bits per heavy atom. The molecule has 4 nitrogen and oxygen atoms in total. The van der Waals surface area contributed by atoms with Crippen molar-refractivity contribution in [3.8, 4) is 44.8 Å². The number of benzene rings is 5. The predicted molar refractivity (Wildman–Crippen MR) is 198 cm³/mol. The fourth-order valence-electron chi connectivity index (χ4n) is 7.93. The highest BCUT2D eigenvalue weighted by molar-refractivity contribution is 5.90. The molecule has 0 atom stereocenters.